The first kappa shape index (κ1) is 14.7. The Balaban J connectivity index is 2.06. The third kappa shape index (κ3) is 3.90. The van der Waals surface area contributed by atoms with E-state index in [-0.39, 0.29) is 0 Å². The Kier molecular flexibility index (Phi) is 5.30. The summed E-state index contributed by atoms with van der Waals surface area (Å²) in [4.78, 5) is 4.19. The molecule has 2 heterocycles. The summed E-state index contributed by atoms with van der Waals surface area (Å²) in [6.45, 7) is 5.27. The molecular weight excluding hydrogens is 248 g/mol. The maximum atomic E-state index is 4.53. The lowest BCUT2D eigenvalue weighted by atomic mass is 10.0. The van der Waals surface area contributed by atoms with Crippen molar-refractivity contribution >= 4 is 0 Å². The Morgan fingerprint density at radius 1 is 1.30 bits per heavy atom. The summed E-state index contributed by atoms with van der Waals surface area (Å²) in [5, 5.41) is 8.09. The number of pyridine rings is 1. The molecule has 0 amide bonds. The quantitative estimate of drug-likeness (QED) is 0.840. The molecule has 4 nitrogen and oxygen atoms in total. The highest BCUT2D eigenvalue weighted by atomic mass is 15.3. The maximum Gasteiger partial charge on any atom is 0.0624 e. The molecule has 1 atom stereocenters. The van der Waals surface area contributed by atoms with Crippen LogP contribution < -0.4 is 5.32 Å². The van der Waals surface area contributed by atoms with E-state index in [1.807, 2.05) is 30.2 Å². The van der Waals surface area contributed by atoms with Crippen molar-refractivity contribution in [2.45, 2.75) is 39.2 Å². The Bertz CT molecular complexity index is 519. The fraction of sp³-hybridized carbons (Fsp3) is 0.500. The molecule has 0 saturated carbocycles. The summed E-state index contributed by atoms with van der Waals surface area (Å²) < 4.78 is 2.01. The molecule has 0 aromatic carbocycles. The molecule has 2 aromatic heterocycles. The Morgan fingerprint density at radius 2 is 2.15 bits per heavy atom. The highest BCUT2D eigenvalue weighted by Crippen LogP contribution is 2.10. The standard InChI is InChI=1S/C16H24N4/c1-4-14-10-16(20(3)19-14)11-15(18-5-2)9-13-7-6-8-17-12-13/h6-8,10,12,15,18H,4-5,9,11H2,1-3H3. The zero-order chi connectivity index (χ0) is 14.4. The van der Waals surface area contributed by atoms with Gasteiger partial charge >= 0.3 is 0 Å². The van der Waals surface area contributed by atoms with E-state index in [1.165, 1.54) is 17.0 Å². The molecule has 1 unspecified atom stereocenters. The van der Waals surface area contributed by atoms with E-state index >= 15 is 0 Å². The average molecular weight is 272 g/mol. The van der Waals surface area contributed by atoms with Crippen LogP contribution in [0.15, 0.2) is 30.6 Å². The van der Waals surface area contributed by atoms with Gasteiger partial charge in [0.15, 0.2) is 0 Å². The molecule has 0 radical (unpaired) electrons. The summed E-state index contributed by atoms with van der Waals surface area (Å²) in [6, 6.07) is 6.77. The normalized spacial score (nSPS) is 12.6. The summed E-state index contributed by atoms with van der Waals surface area (Å²) in [6.07, 6.45) is 6.74. The van der Waals surface area contributed by atoms with Crippen LogP contribution in [0.25, 0.3) is 0 Å². The van der Waals surface area contributed by atoms with Gasteiger partial charge in [-0.15, -0.1) is 0 Å². The SMILES string of the molecule is CCNC(Cc1cccnc1)Cc1cc(CC)nn1C. The molecule has 0 bridgehead atoms. The summed E-state index contributed by atoms with van der Waals surface area (Å²) in [5.74, 6) is 0. The Morgan fingerprint density at radius 3 is 2.75 bits per heavy atom. The molecule has 0 aliphatic heterocycles. The summed E-state index contributed by atoms with van der Waals surface area (Å²) in [7, 11) is 2.03. The molecule has 0 fully saturated rings. The van der Waals surface area contributed by atoms with Gasteiger partial charge in [0.05, 0.1) is 5.69 Å². The van der Waals surface area contributed by atoms with Crippen molar-refractivity contribution in [2.75, 3.05) is 6.54 Å². The Labute approximate surface area is 121 Å². The summed E-state index contributed by atoms with van der Waals surface area (Å²) >= 11 is 0. The van der Waals surface area contributed by atoms with Crippen molar-refractivity contribution in [3.63, 3.8) is 0 Å². The van der Waals surface area contributed by atoms with Crippen molar-refractivity contribution < 1.29 is 0 Å². The lowest BCUT2D eigenvalue weighted by molar-refractivity contribution is 0.504. The predicted molar refractivity (Wildman–Crippen MR) is 81.7 cm³/mol. The van der Waals surface area contributed by atoms with E-state index in [0.29, 0.717) is 6.04 Å². The maximum absolute atomic E-state index is 4.53. The predicted octanol–water partition coefficient (Wildman–Crippen LogP) is 2.14. The number of aromatic nitrogens is 3. The molecule has 0 saturated heterocycles. The molecule has 0 aliphatic rings. The van der Waals surface area contributed by atoms with E-state index in [0.717, 1.165) is 25.8 Å². The molecule has 0 aliphatic carbocycles. The number of aryl methyl sites for hydroxylation is 2. The molecule has 4 heteroatoms. The fourth-order valence-corrected chi connectivity index (χ4v) is 2.50. The topological polar surface area (TPSA) is 42.7 Å². The van der Waals surface area contributed by atoms with Gasteiger partial charge in [0.2, 0.25) is 0 Å². The largest absolute Gasteiger partial charge is 0.314 e. The lowest BCUT2D eigenvalue weighted by Gasteiger charge is -2.17. The average Bonchev–Trinajstić information content (AvgIpc) is 2.81. The van der Waals surface area contributed by atoms with Crippen molar-refractivity contribution in [3.05, 3.63) is 47.5 Å². The van der Waals surface area contributed by atoms with E-state index in [4.69, 9.17) is 0 Å². The molecule has 2 aromatic rings. The first-order valence-corrected chi connectivity index (χ1v) is 7.37. The van der Waals surface area contributed by atoms with Gasteiger partial charge in [0.25, 0.3) is 0 Å². The van der Waals surface area contributed by atoms with Crippen LogP contribution in [-0.4, -0.2) is 27.4 Å². The minimum Gasteiger partial charge on any atom is -0.314 e. The van der Waals surface area contributed by atoms with Crippen molar-refractivity contribution in [2.24, 2.45) is 7.05 Å². The number of likely N-dealkylation sites (N-methyl/N-ethyl adjacent to an activating group) is 1. The van der Waals surface area contributed by atoms with Crippen molar-refractivity contribution in [1.82, 2.24) is 20.1 Å². The highest BCUT2D eigenvalue weighted by molar-refractivity contribution is 5.15. The van der Waals surface area contributed by atoms with Gasteiger partial charge in [-0.2, -0.15) is 5.10 Å². The number of hydrogen-bond donors (Lipinski definition) is 1. The molecule has 108 valence electrons. The van der Waals surface area contributed by atoms with Crippen LogP contribution in [-0.2, 0) is 26.3 Å². The van der Waals surface area contributed by atoms with Gasteiger partial charge in [-0.3, -0.25) is 9.67 Å². The zero-order valence-electron chi connectivity index (χ0n) is 12.6. The molecule has 1 N–H and O–H groups in total. The lowest BCUT2D eigenvalue weighted by Crippen LogP contribution is -2.33. The summed E-state index contributed by atoms with van der Waals surface area (Å²) in [5.41, 5.74) is 3.73. The molecule has 0 spiro atoms. The van der Waals surface area contributed by atoms with Gasteiger partial charge < -0.3 is 5.32 Å². The second-order valence-electron chi connectivity index (χ2n) is 5.13. The van der Waals surface area contributed by atoms with E-state index in [2.05, 4.69) is 41.4 Å². The van der Waals surface area contributed by atoms with Crippen LogP contribution in [0.5, 0.6) is 0 Å². The molecule has 2 rings (SSSR count). The van der Waals surface area contributed by atoms with Crippen LogP contribution in [0.4, 0.5) is 0 Å². The number of nitrogens with one attached hydrogen (secondary N) is 1. The van der Waals surface area contributed by atoms with Crippen molar-refractivity contribution in [3.8, 4) is 0 Å². The first-order valence-electron chi connectivity index (χ1n) is 7.37. The van der Waals surface area contributed by atoms with Gasteiger partial charge in [-0.1, -0.05) is 19.9 Å². The van der Waals surface area contributed by atoms with Crippen LogP contribution >= 0.6 is 0 Å². The van der Waals surface area contributed by atoms with Crippen LogP contribution in [0, 0.1) is 0 Å². The van der Waals surface area contributed by atoms with Gasteiger partial charge in [0.1, 0.15) is 0 Å². The zero-order valence-corrected chi connectivity index (χ0v) is 12.6. The fourth-order valence-electron chi connectivity index (χ4n) is 2.50. The third-order valence-electron chi connectivity index (χ3n) is 3.54. The minimum absolute atomic E-state index is 0.421. The van der Waals surface area contributed by atoms with E-state index < -0.39 is 0 Å². The van der Waals surface area contributed by atoms with Crippen molar-refractivity contribution in [1.29, 1.82) is 0 Å². The number of hydrogen-bond acceptors (Lipinski definition) is 3. The molecule has 20 heavy (non-hydrogen) atoms. The van der Waals surface area contributed by atoms with Gasteiger partial charge in [0, 0.05) is 37.6 Å². The second-order valence-corrected chi connectivity index (χ2v) is 5.13. The van der Waals surface area contributed by atoms with Gasteiger partial charge in [-0.05, 0) is 37.1 Å². The van der Waals surface area contributed by atoms with Gasteiger partial charge in [-0.25, -0.2) is 0 Å². The van der Waals surface area contributed by atoms with Crippen LogP contribution in [0.2, 0.25) is 0 Å². The minimum atomic E-state index is 0.421. The van der Waals surface area contributed by atoms with Crippen LogP contribution in [0.1, 0.15) is 30.8 Å². The number of rotatable bonds is 7. The van der Waals surface area contributed by atoms with Crippen LogP contribution in [0.3, 0.4) is 0 Å². The van der Waals surface area contributed by atoms with E-state index in [1.54, 1.807) is 0 Å². The Hall–Kier alpha value is -1.68. The highest BCUT2D eigenvalue weighted by Gasteiger charge is 2.13. The first-order chi connectivity index (χ1) is 9.72. The number of nitrogens with zero attached hydrogens (tertiary/aromatic N) is 3. The molecular formula is C16H24N4. The smallest absolute Gasteiger partial charge is 0.0624 e. The third-order valence-corrected chi connectivity index (χ3v) is 3.54. The monoisotopic (exact) mass is 272 g/mol. The second kappa shape index (κ2) is 7.20. The van der Waals surface area contributed by atoms with E-state index in [9.17, 15) is 0 Å².